The van der Waals surface area contributed by atoms with Crippen molar-refractivity contribution in [3.8, 4) is 0 Å². The zero-order valence-electron chi connectivity index (χ0n) is 8.90. The minimum atomic E-state index is 0.230. The van der Waals surface area contributed by atoms with Crippen LogP contribution < -0.4 is 10.6 Å². The van der Waals surface area contributed by atoms with Gasteiger partial charge in [0.25, 0.3) is 0 Å². The van der Waals surface area contributed by atoms with E-state index in [9.17, 15) is 0 Å². The molecule has 1 aromatic carbocycles. The van der Waals surface area contributed by atoms with Gasteiger partial charge in [0, 0.05) is 25.8 Å². The van der Waals surface area contributed by atoms with Crippen molar-refractivity contribution in [1.29, 1.82) is 0 Å². The summed E-state index contributed by atoms with van der Waals surface area (Å²) in [6.45, 7) is 0. The van der Waals surface area contributed by atoms with Gasteiger partial charge in [-0.2, -0.15) is 0 Å². The molecular formula is C12H18N2. The van der Waals surface area contributed by atoms with Crippen molar-refractivity contribution >= 4 is 5.69 Å². The van der Waals surface area contributed by atoms with Gasteiger partial charge in [-0.3, -0.25) is 0 Å². The molecule has 14 heavy (non-hydrogen) atoms. The second-order valence-corrected chi connectivity index (χ2v) is 4.32. The van der Waals surface area contributed by atoms with Crippen LogP contribution in [-0.2, 0) is 0 Å². The molecule has 76 valence electrons. The quantitative estimate of drug-likeness (QED) is 0.791. The van der Waals surface area contributed by atoms with Gasteiger partial charge in [-0.15, -0.1) is 0 Å². The summed E-state index contributed by atoms with van der Waals surface area (Å²) >= 11 is 0. The fourth-order valence-corrected chi connectivity index (χ4v) is 1.89. The van der Waals surface area contributed by atoms with Crippen molar-refractivity contribution in [2.45, 2.75) is 18.9 Å². The molecule has 2 heteroatoms. The lowest BCUT2D eigenvalue weighted by Crippen LogP contribution is -2.18. The maximum Gasteiger partial charge on any atom is 0.0409 e. The van der Waals surface area contributed by atoms with Crippen LogP contribution in [0.5, 0.6) is 0 Å². The van der Waals surface area contributed by atoms with Crippen LogP contribution in [0.3, 0.4) is 0 Å². The molecule has 1 aliphatic rings. The second-order valence-electron chi connectivity index (χ2n) is 4.32. The normalized spacial score (nSPS) is 17.9. The summed E-state index contributed by atoms with van der Waals surface area (Å²) in [7, 11) is 4.14. The van der Waals surface area contributed by atoms with E-state index in [1.807, 2.05) is 0 Å². The van der Waals surface area contributed by atoms with Gasteiger partial charge in [0.15, 0.2) is 0 Å². The summed E-state index contributed by atoms with van der Waals surface area (Å²) in [5.74, 6) is 0.719. The molecule has 0 saturated heterocycles. The van der Waals surface area contributed by atoms with Gasteiger partial charge in [0.1, 0.15) is 0 Å². The smallest absolute Gasteiger partial charge is 0.0409 e. The molecule has 0 aromatic heterocycles. The molecule has 0 amide bonds. The third-order valence-corrected chi connectivity index (χ3v) is 2.91. The predicted molar refractivity (Wildman–Crippen MR) is 60.4 cm³/mol. The number of hydrogen-bond donors (Lipinski definition) is 1. The number of nitrogens with two attached hydrogens (primary N) is 1. The van der Waals surface area contributed by atoms with E-state index in [1.54, 1.807) is 0 Å². The maximum atomic E-state index is 6.21. The van der Waals surface area contributed by atoms with E-state index in [4.69, 9.17) is 5.73 Å². The molecule has 0 aliphatic heterocycles. The van der Waals surface area contributed by atoms with Crippen molar-refractivity contribution in [1.82, 2.24) is 0 Å². The zero-order valence-corrected chi connectivity index (χ0v) is 8.90. The van der Waals surface area contributed by atoms with Gasteiger partial charge in [-0.1, -0.05) is 18.2 Å². The molecule has 0 heterocycles. The van der Waals surface area contributed by atoms with Crippen LogP contribution in [0.1, 0.15) is 24.4 Å². The Hall–Kier alpha value is -1.02. The van der Waals surface area contributed by atoms with Crippen LogP contribution in [0.25, 0.3) is 0 Å². The Morgan fingerprint density at radius 1 is 1.29 bits per heavy atom. The highest BCUT2D eigenvalue weighted by atomic mass is 15.1. The molecule has 0 unspecified atom stereocenters. The lowest BCUT2D eigenvalue weighted by molar-refractivity contribution is 0.633. The van der Waals surface area contributed by atoms with Crippen molar-refractivity contribution in [2.24, 2.45) is 11.7 Å². The van der Waals surface area contributed by atoms with E-state index in [-0.39, 0.29) is 6.04 Å². The average Bonchev–Trinajstić information content (AvgIpc) is 3.00. The van der Waals surface area contributed by atoms with E-state index < -0.39 is 0 Å². The Bertz CT molecular complexity index is 316. The van der Waals surface area contributed by atoms with Gasteiger partial charge in [-0.25, -0.2) is 0 Å². The standard InChI is InChI=1S/C12H18N2/c1-14(2)11-6-4-3-5-10(11)12(13)9-7-8-9/h3-6,9,12H,7-8,13H2,1-2H3/t12-/m1/s1. The molecule has 1 fully saturated rings. The first-order valence-corrected chi connectivity index (χ1v) is 5.22. The SMILES string of the molecule is CN(C)c1ccccc1[C@H](N)C1CC1. The molecule has 2 rings (SSSR count). The largest absolute Gasteiger partial charge is 0.377 e. The van der Waals surface area contributed by atoms with Crippen LogP contribution >= 0.6 is 0 Å². The van der Waals surface area contributed by atoms with E-state index in [0.717, 1.165) is 5.92 Å². The monoisotopic (exact) mass is 190 g/mol. The number of benzene rings is 1. The Kier molecular flexibility index (Phi) is 2.46. The molecule has 0 bridgehead atoms. The van der Waals surface area contributed by atoms with Gasteiger partial charge < -0.3 is 10.6 Å². The molecule has 1 atom stereocenters. The molecule has 0 spiro atoms. The highest BCUT2D eigenvalue weighted by Gasteiger charge is 2.30. The number of hydrogen-bond acceptors (Lipinski definition) is 2. The van der Waals surface area contributed by atoms with Crippen molar-refractivity contribution in [2.75, 3.05) is 19.0 Å². The Balaban J connectivity index is 2.30. The first-order valence-electron chi connectivity index (χ1n) is 5.22. The van der Waals surface area contributed by atoms with Crippen LogP contribution in [0.2, 0.25) is 0 Å². The third-order valence-electron chi connectivity index (χ3n) is 2.91. The highest BCUT2D eigenvalue weighted by Crippen LogP contribution is 2.41. The van der Waals surface area contributed by atoms with Gasteiger partial charge in [0.05, 0.1) is 0 Å². The molecule has 1 aliphatic carbocycles. The summed E-state index contributed by atoms with van der Waals surface area (Å²) in [5.41, 5.74) is 8.76. The van der Waals surface area contributed by atoms with Crippen LogP contribution in [0.4, 0.5) is 5.69 Å². The van der Waals surface area contributed by atoms with E-state index in [0.29, 0.717) is 0 Å². The van der Waals surface area contributed by atoms with E-state index >= 15 is 0 Å². The molecule has 2 nitrogen and oxygen atoms in total. The lowest BCUT2D eigenvalue weighted by Gasteiger charge is -2.21. The first kappa shape index (κ1) is 9.53. The van der Waals surface area contributed by atoms with Crippen LogP contribution in [0.15, 0.2) is 24.3 Å². The van der Waals surface area contributed by atoms with Crippen molar-refractivity contribution < 1.29 is 0 Å². The number of para-hydroxylation sites is 1. The average molecular weight is 190 g/mol. The summed E-state index contributed by atoms with van der Waals surface area (Å²) < 4.78 is 0. The fraction of sp³-hybridized carbons (Fsp3) is 0.500. The highest BCUT2D eigenvalue weighted by molar-refractivity contribution is 5.54. The summed E-state index contributed by atoms with van der Waals surface area (Å²) in [5, 5.41) is 0. The molecule has 2 N–H and O–H groups in total. The molecule has 0 radical (unpaired) electrons. The summed E-state index contributed by atoms with van der Waals surface area (Å²) in [4.78, 5) is 2.14. The Morgan fingerprint density at radius 2 is 1.93 bits per heavy atom. The molecule has 1 aromatic rings. The summed E-state index contributed by atoms with van der Waals surface area (Å²) in [6, 6.07) is 8.66. The van der Waals surface area contributed by atoms with Crippen molar-refractivity contribution in [3.63, 3.8) is 0 Å². The van der Waals surface area contributed by atoms with Gasteiger partial charge in [0.2, 0.25) is 0 Å². The third kappa shape index (κ3) is 1.75. The van der Waals surface area contributed by atoms with Gasteiger partial charge in [-0.05, 0) is 30.4 Å². The molecular weight excluding hydrogens is 172 g/mol. The maximum absolute atomic E-state index is 6.21. The predicted octanol–water partition coefficient (Wildman–Crippen LogP) is 2.16. The van der Waals surface area contributed by atoms with E-state index in [2.05, 4.69) is 43.3 Å². The topological polar surface area (TPSA) is 29.3 Å². The zero-order chi connectivity index (χ0) is 10.1. The molecule has 1 saturated carbocycles. The Morgan fingerprint density at radius 3 is 2.50 bits per heavy atom. The van der Waals surface area contributed by atoms with Gasteiger partial charge >= 0.3 is 0 Å². The first-order chi connectivity index (χ1) is 6.70. The van der Waals surface area contributed by atoms with Crippen LogP contribution in [-0.4, -0.2) is 14.1 Å². The summed E-state index contributed by atoms with van der Waals surface area (Å²) in [6.07, 6.45) is 2.59. The number of nitrogens with zero attached hydrogens (tertiary/aromatic N) is 1. The van der Waals surface area contributed by atoms with Crippen LogP contribution in [0, 0.1) is 5.92 Å². The second kappa shape index (κ2) is 3.62. The minimum absolute atomic E-state index is 0.230. The number of rotatable bonds is 3. The fourth-order valence-electron chi connectivity index (χ4n) is 1.89. The number of anilines is 1. The minimum Gasteiger partial charge on any atom is -0.377 e. The van der Waals surface area contributed by atoms with Crippen molar-refractivity contribution in [3.05, 3.63) is 29.8 Å². The lowest BCUT2D eigenvalue weighted by atomic mass is 10.0. The Labute approximate surface area is 85.7 Å². The van der Waals surface area contributed by atoms with E-state index in [1.165, 1.54) is 24.1 Å².